The Bertz CT molecular complexity index is 758. The number of amides is 2. The molecule has 144 valence electrons. The molecular formula is C23H30N2O2. The van der Waals surface area contributed by atoms with Gasteiger partial charge in [0.15, 0.2) is 0 Å². The Hall–Kier alpha value is -1.84. The summed E-state index contributed by atoms with van der Waals surface area (Å²) in [6, 6.07) is 7.68. The number of rotatable bonds is 3. The number of nitrogens with zero attached hydrogens (tertiary/aromatic N) is 2. The lowest BCUT2D eigenvalue weighted by Crippen LogP contribution is -2.77. The first-order valence-corrected chi connectivity index (χ1v) is 10.7. The molecule has 4 nitrogen and oxygen atoms in total. The quantitative estimate of drug-likeness (QED) is 0.810. The number of benzene rings is 1. The van der Waals surface area contributed by atoms with E-state index in [1.54, 1.807) is 0 Å². The maximum absolute atomic E-state index is 13.5. The highest BCUT2D eigenvalue weighted by Gasteiger charge is 2.59. The highest BCUT2D eigenvalue weighted by atomic mass is 16.2. The van der Waals surface area contributed by atoms with Gasteiger partial charge in [0.25, 0.3) is 11.8 Å². The van der Waals surface area contributed by atoms with E-state index in [-0.39, 0.29) is 29.8 Å². The molecule has 6 rings (SSSR count). The van der Waals surface area contributed by atoms with Crippen LogP contribution in [0.25, 0.3) is 0 Å². The van der Waals surface area contributed by atoms with Crippen molar-refractivity contribution in [1.29, 1.82) is 0 Å². The third-order valence-electron chi connectivity index (χ3n) is 7.65. The van der Waals surface area contributed by atoms with Gasteiger partial charge in [0.05, 0.1) is 6.04 Å². The van der Waals surface area contributed by atoms with Crippen molar-refractivity contribution in [2.75, 3.05) is 0 Å². The smallest absolute Gasteiger partial charge is 0.270 e. The molecule has 1 atom stereocenters. The first-order chi connectivity index (χ1) is 13.0. The lowest BCUT2D eigenvalue weighted by atomic mass is 9.54. The molecule has 4 aliphatic carbocycles. The summed E-state index contributed by atoms with van der Waals surface area (Å²) in [5.41, 5.74) is 1.71. The molecule has 5 aliphatic rings. The van der Waals surface area contributed by atoms with Crippen molar-refractivity contribution in [3.8, 4) is 0 Å². The average Bonchev–Trinajstić information content (AvgIpc) is 2.61. The Morgan fingerprint density at radius 1 is 1.00 bits per heavy atom. The van der Waals surface area contributed by atoms with E-state index in [0.29, 0.717) is 11.8 Å². The van der Waals surface area contributed by atoms with Crippen molar-refractivity contribution in [2.45, 2.75) is 65.0 Å². The van der Waals surface area contributed by atoms with Crippen molar-refractivity contribution in [2.24, 2.45) is 29.6 Å². The lowest BCUT2D eigenvalue weighted by Gasteiger charge is -2.63. The number of carbonyl (C=O) groups is 2. The number of hydrazine groups is 1. The van der Waals surface area contributed by atoms with Crippen LogP contribution in [0.3, 0.4) is 0 Å². The minimum Gasteiger partial charge on any atom is -0.270 e. The number of hydrogen-bond acceptors (Lipinski definition) is 2. The van der Waals surface area contributed by atoms with Crippen molar-refractivity contribution in [3.63, 3.8) is 0 Å². The zero-order valence-electron chi connectivity index (χ0n) is 16.6. The Kier molecular flexibility index (Phi) is 3.89. The van der Waals surface area contributed by atoms with Gasteiger partial charge < -0.3 is 0 Å². The standard InChI is InChI=1S/C23H30N2O2/c1-13(2)20-23(27)25(24(20)22(26)19-7-5-4-6-14(19)3)21-17-9-15-8-16(11-17)12-18(21)10-15/h4-7,13,15-18,20-21H,8-12H2,1-3H3. The molecule has 27 heavy (non-hydrogen) atoms. The summed E-state index contributed by atoms with van der Waals surface area (Å²) in [6.45, 7) is 6.08. The molecule has 4 saturated carbocycles. The van der Waals surface area contributed by atoms with E-state index in [1.165, 1.54) is 32.1 Å². The molecule has 0 spiro atoms. The van der Waals surface area contributed by atoms with E-state index in [4.69, 9.17) is 0 Å². The minimum absolute atomic E-state index is 0.000191. The van der Waals surface area contributed by atoms with Crippen LogP contribution in [0.4, 0.5) is 0 Å². The van der Waals surface area contributed by atoms with Gasteiger partial charge in [0.2, 0.25) is 0 Å². The van der Waals surface area contributed by atoms with Crippen molar-refractivity contribution in [3.05, 3.63) is 35.4 Å². The van der Waals surface area contributed by atoms with Crippen LogP contribution in [-0.2, 0) is 4.79 Å². The number of hydrogen-bond donors (Lipinski definition) is 0. The summed E-state index contributed by atoms with van der Waals surface area (Å²) >= 11 is 0. The first kappa shape index (κ1) is 17.3. The molecule has 0 radical (unpaired) electrons. The fourth-order valence-corrected chi connectivity index (χ4v) is 6.74. The van der Waals surface area contributed by atoms with E-state index in [2.05, 4.69) is 13.8 Å². The van der Waals surface area contributed by atoms with E-state index in [0.717, 1.165) is 23.0 Å². The fourth-order valence-electron chi connectivity index (χ4n) is 6.74. The van der Waals surface area contributed by atoms with Crippen LogP contribution in [0.2, 0.25) is 0 Å². The molecule has 1 aromatic carbocycles. The molecule has 5 fully saturated rings. The SMILES string of the molecule is Cc1ccccc1C(=O)N1C(C(C)C)C(=O)N1C1C2CC3CC(C2)CC1C3. The second-order valence-electron chi connectivity index (χ2n) is 9.76. The van der Waals surface area contributed by atoms with E-state index in [9.17, 15) is 9.59 Å². The molecule has 0 N–H and O–H groups in total. The monoisotopic (exact) mass is 366 g/mol. The second kappa shape index (κ2) is 6.08. The van der Waals surface area contributed by atoms with Gasteiger partial charge >= 0.3 is 0 Å². The summed E-state index contributed by atoms with van der Waals surface area (Å²) in [6.07, 6.45) is 6.40. The molecule has 4 bridgehead atoms. The highest BCUT2D eigenvalue weighted by molar-refractivity contribution is 6.03. The lowest BCUT2D eigenvalue weighted by molar-refractivity contribution is -0.218. The van der Waals surface area contributed by atoms with E-state index >= 15 is 0 Å². The van der Waals surface area contributed by atoms with Crippen LogP contribution in [0.5, 0.6) is 0 Å². The Balaban J connectivity index is 1.49. The predicted octanol–water partition coefficient (Wildman–Crippen LogP) is 4.04. The van der Waals surface area contributed by atoms with Crippen LogP contribution in [0, 0.1) is 36.5 Å². The maximum Gasteiger partial charge on any atom is 0.273 e. The third-order valence-corrected chi connectivity index (χ3v) is 7.65. The second-order valence-corrected chi connectivity index (χ2v) is 9.76. The topological polar surface area (TPSA) is 40.6 Å². The van der Waals surface area contributed by atoms with Crippen molar-refractivity contribution >= 4 is 11.8 Å². The van der Waals surface area contributed by atoms with Crippen LogP contribution in [0.1, 0.15) is 61.9 Å². The van der Waals surface area contributed by atoms with Crippen molar-refractivity contribution < 1.29 is 9.59 Å². The Labute approximate surface area is 161 Å². The normalized spacial score (nSPS) is 37.1. The Morgan fingerprint density at radius 3 is 2.15 bits per heavy atom. The predicted molar refractivity (Wildman–Crippen MR) is 104 cm³/mol. The van der Waals surface area contributed by atoms with Gasteiger partial charge in [-0.15, -0.1) is 0 Å². The summed E-state index contributed by atoms with van der Waals surface area (Å²) < 4.78 is 0. The van der Waals surface area contributed by atoms with Gasteiger partial charge in [0.1, 0.15) is 6.04 Å². The summed E-state index contributed by atoms with van der Waals surface area (Å²) in [7, 11) is 0. The van der Waals surface area contributed by atoms with Crippen LogP contribution in [0.15, 0.2) is 24.3 Å². The molecule has 1 saturated heterocycles. The summed E-state index contributed by atoms with van der Waals surface area (Å²) in [5, 5.41) is 3.74. The maximum atomic E-state index is 13.5. The number of aryl methyl sites for hydroxylation is 1. The highest BCUT2D eigenvalue weighted by Crippen LogP contribution is 2.56. The molecule has 4 heteroatoms. The molecule has 0 aromatic heterocycles. The van der Waals surface area contributed by atoms with E-state index in [1.807, 2.05) is 41.2 Å². The molecule has 1 heterocycles. The summed E-state index contributed by atoms with van der Waals surface area (Å²) in [4.78, 5) is 26.7. The zero-order valence-corrected chi connectivity index (χ0v) is 16.6. The molecule has 1 aromatic rings. The van der Waals surface area contributed by atoms with Gasteiger partial charge in [-0.1, -0.05) is 32.0 Å². The van der Waals surface area contributed by atoms with Crippen LogP contribution >= 0.6 is 0 Å². The summed E-state index contributed by atoms with van der Waals surface area (Å²) in [5.74, 6) is 3.21. The largest absolute Gasteiger partial charge is 0.273 e. The van der Waals surface area contributed by atoms with Gasteiger partial charge in [-0.3, -0.25) is 9.59 Å². The number of carbonyl (C=O) groups excluding carboxylic acids is 2. The minimum atomic E-state index is -0.311. The van der Waals surface area contributed by atoms with E-state index < -0.39 is 0 Å². The van der Waals surface area contributed by atoms with Gasteiger partial charge in [0, 0.05) is 5.56 Å². The van der Waals surface area contributed by atoms with Gasteiger partial charge in [-0.05, 0) is 80.2 Å². The first-order valence-electron chi connectivity index (χ1n) is 10.7. The van der Waals surface area contributed by atoms with Crippen molar-refractivity contribution in [1.82, 2.24) is 10.0 Å². The van der Waals surface area contributed by atoms with Gasteiger partial charge in [-0.25, -0.2) is 10.0 Å². The Morgan fingerprint density at radius 2 is 1.59 bits per heavy atom. The average molecular weight is 367 g/mol. The van der Waals surface area contributed by atoms with Crippen LogP contribution in [-0.4, -0.2) is 33.9 Å². The molecular weight excluding hydrogens is 336 g/mol. The molecule has 1 aliphatic heterocycles. The molecule has 2 amide bonds. The molecule has 1 unspecified atom stereocenters. The van der Waals surface area contributed by atoms with Crippen LogP contribution < -0.4 is 0 Å². The van der Waals surface area contributed by atoms with Gasteiger partial charge in [-0.2, -0.15) is 0 Å². The third kappa shape index (κ3) is 2.48. The fraction of sp³-hybridized carbons (Fsp3) is 0.652. The zero-order chi connectivity index (χ0) is 18.9.